The van der Waals surface area contributed by atoms with Crippen molar-refractivity contribution < 1.29 is 0 Å². The van der Waals surface area contributed by atoms with Crippen molar-refractivity contribution in [3.8, 4) is 0 Å². The van der Waals surface area contributed by atoms with Crippen LogP contribution < -0.4 is 15.5 Å². The predicted molar refractivity (Wildman–Crippen MR) is 112 cm³/mol. The standard InChI is InChI=1S/C20H37N7/c1-4-26-12-8-17(9-13-26)7-10-22-20(21-2)24-18-6-5-11-27(15-18)19-14-23-25(3)16-19/h14,16-18H,4-13,15H2,1-3H3,(H2,21,22,24). The lowest BCUT2D eigenvalue weighted by atomic mass is 9.93. The van der Waals surface area contributed by atoms with E-state index in [1.165, 1.54) is 57.4 Å². The number of hydrogen-bond acceptors (Lipinski definition) is 4. The van der Waals surface area contributed by atoms with E-state index in [4.69, 9.17) is 0 Å². The molecular formula is C20H37N7. The lowest BCUT2D eigenvalue weighted by molar-refractivity contribution is 0.187. The number of aryl methyl sites for hydroxylation is 1. The quantitative estimate of drug-likeness (QED) is 0.585. The Kier molecular flexibility index (Phi) is 7.38. The van der Waals surface area contributed by atoms with Gasteiger partial charge in [0.25, 0.3) is 0 Å². The zero-order valence-electron chi connectivity index (χ0n) is 17.3. The van der Waals surface area contributed by atoms with Crippen molar-refractivity contribution >= 4 is 11.6 Å². The van der Waals surface area contributed by atoms with Gasteiger partial charge in [-0.05, 0) is 57.7 Å². The molecule has 0 radical (unpaired) electrons. The van der Waals surface area contributed by atoms with Crippen molar-refractivity contribution in [3.05, 3.63) is 12.4 Å². The van der Waals surface area contributed by atoms with Crippen molar-refractivity contribution in [2.24, 2.45) is 18.0 Å². The first-order valence-corrected chi connectivity index (χ1v) is 10.6. The molecule has 7 nitrogen and oxygen atoms in total. The average Bonchev–Trinajstić information content (AvgIpc) is 3.14. The first kappa shape index (κ1) is 20.0. The van der Waals surface area contributed by atoms with Gasteiger partial charge in [-0.15, -0.1) is 0 Å². The minimum atomic E-state index is 0.429. The Hall–Kier alpha value is -1.76. The van der Waals surface area contributed by atoms with Gasteiger partial charge in [0, 0.05) is 46.0 Å². The van der Waals surface area contributed by atoms with Crippen LogP contribution in [-0.2, 0) is 7.05 Å². The van der Waals surface area contributed by atoms with Gasteiger partial charge >= 0.3 is 0 Å². The van der Waals surface area contributed by atoms with Crippen LogP contribution in [0, 0.1) is 5.92 Å². The number of anilines is 1. The molecule has 0 aromatic carbocycles. The maximum Gasteiger partial charge on any atom is 0.191 e. The van der Waals surface area contributed by atoms with Gasteiger partial charge in [-0.2, -0.15) is 5.10 Å². The van der Waals surface area contributed by atoms with Gasteiger partial charge < -0.3 is 20.4 Å². The summed E-state index contributed by atoms with van der Waals surface area (Å²) < 4.78 is 1.87. The van der Waals surface area contributed by atoms with Crippen LogP contribution >= 0.6 is 0 Å². The van der Waals surface area contributed by atoms with Crippen LogP contribution in [0.2, 0.25) is 0 Å². The molecule has 152 valence electrons. The average molecular weight is 376 g/mol. The first-order valence-electron chi connectivity index (χ1n) is 10.6. The normalized spacial score (nSPS) is 22.9. The van der Waals surface area contributed by atoms with Crippen LogP contribution in [0.15, 0.2) is 17.4 Å². The van der Waals surface area contributed by atoms with Gasteiger partial charge in [0.1, 0.15) is 0 Å². The highest BCUT2D eigenvalue weighted by Gasteiger charge is 2.22. The van der Waals surface area contributed by atoms with Crippen LogP contribution in [0.3, 0.4) is 0 Å². The maximum absolute atomic E-state index is 4.44. The number of rotatable bonds is 6. The van der Waals surface area contributed by atoms with E-state index in [-0.39, 0.29) is 0 Å². The Morgan fingerprint density at radius 2 is 2.07 bits per heavy atom. The van der Waals surface area contributed by atoms with E-state index in [1.807, 2.05) is 25.0 Å². The molecule has 2 fully saturated rings. The number of piperidine rings is 2. The summed E-state index contributed by atoms with van der Waals surface area (Å²) in [7, 11) is 3.85. The van der Waals surface area contributed by atoms with Gasteiger partial charge in [0.05, 0.1) is 11.9 Å². The van der Waals surface area contributed by atoms with E-state index in [0.717, 1.165) is 31.5 Å². The number of guanidine groups is 1. The number of nitrogens with one attached hydrogen (secondary N) is 2. The Bertz CT molecular complexity index is 589. The fraction of sp³-hybridized carbons (Fsp3) is 0.800. The molecule has 1 atom stereocenters. The number of aromatic nitrogens is 2. The fourth-order valence-corrected chi connectivity index (χ4v) is 4.28. The fourth-order valence-electron chi connectivity index (χ4n) is 4.28. The summed E-state index contributed by atoms with van der Waals surface area (Å²) in [6.45, 7) is 9.10. The van der Waals surface area contributed by atoms with Crippen LogP contribution in [0.1, 0.15) is 39.0 Å². The Balaban J connectivity index is 1.39. The largest absolute Gasteiger partial charge is 0.367 e. The smallest absolute Gasteiger partial charge is 0.191 e. The second-order valence-corrected chi connectivity index (χ2v) is 7.97. The molecule has 27 heavy (non-hydrogen) atoms. The molecule has 1 aromatic rings. The minimum Gasteiger partial charge on any atom is -0.367 e. The molecule has 0 aliphatic carbocycles. The summed E-state index contributed by atoms with van der Waals surface area (Å²) in [6, 6.07) is 0.429. The summed E-state index contributed by atoms with van der Waals surface area (Å²) >= 11 is 0. The van der Waals surface area contributed by atoms with Crippen LogP contribution in [0.5, 0.6) is 0 Å². The first-order chi connectivity index (χ1) is 13.2. The van der Waals surface area contributed by atoms with E-state index < -0.39 is 0 Å². The third-order valence-corrected chi connectivity index (χ3v) is 6.04. The summed E-state index contributed by atoms with van der Waals surface area (Å²) in [5.41, 5.74) is 1.21. The highest BCUT2D eigenvalue weighted by Crippen LogP contribution is 2.20. The molecule has 2 saturated heterocycles. The van der Waals surface area contributed by atoms with Gasteiger partial charge in [-0.3, -0.25) is 9.67 Å². The third-order valence-electron chi connectivity index (χ3n) is 6.04. The number of nitrogens with zero attached hydrogens (tertiary/aromatic N) is 5. The molecular weight excluding hydrogens is 338 g/mol. The Morgan fingerprint density at radius 3 is 2.74 bits per heavy atom. The van der Waals surface area contributed by atoms with Gasteiger partial charge in [-0.25, -0.2) is 0 Å². The highest BCUT2D eigenvalue weighted by atomic mass is 15.3. The summed E-state index contributed by atoms with van der Waals surface area (Å²) in [6.07, 6.45) is 10.4. The van der Waals surface area contributed by atoms with Gasteiger partial charge in [0.15, 0.2) is 5.96 Å². The molecule has 2 aliphatic rings. The molecule has 2 aliphatic heterocycles. The number of aliphatic imine (C=N–C) groups is 1. The second-order valence-electron chi connectivity index (χ2n) is 7.97. The Labute approximate surface area is 164 Å². The molecule has 3 heterocycles. The van der Waals surface area contributed by atoms with Crippen LogP contribution in [0.25, 0.3) is 0 Å². The van der Waals surface area contributed by atoms with Gasteiger partial charge in [0.2, 0.25) is 0 Å². The summed E-state index contributed by atoms with van der Waals surface area (Å²) in [4.78, 5) is 9.42. The van der Waals surface area contributed by atoms with Crippen molar-refractivity contribution in [3.63, 3.8) is 0 Å². The summed E-state index contributed by atoms with van der Waals surface area (Å²) in [5, 5.41) is 11.5. The van der Waals surface area contributed by atoms with E-state index in [1.54, 1.807) is 0 Å². The molecule has 2 N–H and O–H groups in total. The predicted octanol–water partition coefficient (Wildman–Crippen LogP) is 1.68. The molecule has 1 unspecified atom stereocenters. The Morgan fingerprint density at radius 1 is 1.26 bits per heavy atom. The molecule has 3 rings (SSSR count). The monoisotopic (exact) mass is 375 g/mol. The minimum absolute atomic E-state index is 0.429. The van der Waals surface area contributed by atoms with Crippen molar-refractivity contribution in [2.45, 2.75) is 45.1 Å². The lowest BCUT2D eigenvalue weighted by Crippen LogP contribution is -2.51. The molecule has 0 saturated carbocycles. The molecule has 0 bridgehead atoms. The van der Waals surface area contributed by atoms with E-state index in [0.29, 0.717) is 6.04 Å². The van der Waals surface area contributed by atoms with Crippen LogP contribution in [-0.4, -0.2) is 73.0 Å². The summed E-state index contributed by atoms with van der Waals surface area (Å²) in [5.74, 6) is 1.80. The lowest BCUT2D eigenvalue weighted by Gasteiger charge is -2.34. The van der Waals surface area contributed by atoms with Crippen molar-refractivity contribution in [1.82, 2.24) is 25.3 Å². The topological polar surface area (TPSA) is 60.7 Å². The molecule has 1 aromatic heterocycles. The number of likely N-dealkylation sites (tertiary alicyclic amines) is 1. The zero-order valence-corrected chi connectivity index (χ0v) is 17.3. The molecule has 0 spiro atoms. The number of hydrogen-bond donors (Lipinski definition) is 2. The van der Waals surface area contributed by atoms with E-state index in [9.17, 15) is 0 Å². The highest BCUT2D eigenvalue weighted by molar-refractivity contribution is 5.80. The molecule has 7 heteroatoms. The second kappa shape index (κ2) is 9.97. The van der Waals surface area contributed by atoms with Crippen molar-refractivity contribution in [1.29, 1.82) is 0 Å². The SMILES string of the molecule is CCN1CCC(CCNC(=NC)NC2CCCN(c3cnn(C)c3)C2)CC1. The van der Waals surface area contributed by atoms with Crippen LogP contribution in [0.4, 0.5) is 5.69 Å². The van der Waals surface area contributed by atoms with Gasteiger partial charge in [-0.1, -0.05) is 6.92 Å². The van der Waals surface area contributed by atoms with E-state index >= 15 is 0 Å². The molecule has 0 amide bonds. The maximum atomic E-state index is 4.44. The zero-order chi connectivity index (χ0) is 19.1. The third kappa shape index (κ3) is 5.86. The van der Waals surface area contributed by atoms with Crippen molar-refractivity contribution in [2.75, 3.05) is 51.2 Å². The van der Waals surface area contributed by atoms with E-state index in [2.05, 4.69) is 43.6 Å².